The molecule has 0 amide bonds. The SMILES string of the molecule is CNC(Cc1cccc(F)c1)c1ccc(I)cc1. The van der Waals surface area contributed by atoms with Crippen molar-refractivity contribution >= 4 is 22.6 Å². The Balaban J connectivity index is 2.17. The largest absolute Gasteiger partial charge is 0.313 e. The molecule has 0 saturated heterocycles. The number of rotatable bonds is 4. The van der Waals surface area contributed by atoms with Gasteiger partial charge in [-0.05, 0) is 71.5 Å². The lowest BCUT2D eigenvalue weighted by Gasteiger charge is -2.17. The maximum Gasteiger partial charge on any atom is 0.123 e. The number of benzene rings is 2. The first kappa shape index (κ1) is 13.5. The highest BCUT2D eigenvalue weighted by Crippen LogP contribution is 2.19. The highest BCUT2D eigenvalue weighted by atomic mass is 127. The summed E-state index contributed by atoms with van der Waals surface area (Å²) in [6.45, 7) is 0. The zero-order chi connectivity index (χ0) is 13.0. The molecule has 2 aromatic rings. The van der Waals surface area contributed by atoms with E-state index in [1.54, 1.807) is 12.1 Å². The van der Waals surface area contributed by atoms with E-state index in [0.717, 1.165) is 12.0 Å². The standard InChI is InChI=1S/C15H15FIN/c1-18-15(12-5-7-14(17)8-6-12)10-11-3-2-4-13(16)9-11/h2-9,15,18H,10H2,1H3. The average molecular weight is 355 g/mol. The van der Waals surface area contributed by atoms with Crippen molar-refractivity contribution in [2.24, 2.45) is 0 Å². The van der Waals surface area contributed by atoms with Gasteiger partial charge in [0.25, 0.3) is 0 Å². The predicted octanol–water partition coefficient (Wildman–Crippen LogP) is 3.93. The molecule has 0 aromatic heterocycles. The quantitative estimate of drug-likeness (QED) is 0.820. The van der Waals surface area contributed by atoms with Crippen LogP contribution in [0, 0.1) is 9.39 Å². The Hall–Kier alpha value is -0.940. The van der Waals surface area contributed by atoms with Crippen molar-refractivity contribution in [2.45, 2.75) is 12.5 Å². The Labute approximate surface area is 121 Å². The van der Waals surface area contributed by atoms with Crippen molar-refractivity contribution in [2.75, 3.05) is 7.05 Å². The summed E-state index contributed by atoms with van der Waals surface area (Å²) in [6, 6.07) is 15.4. The topological polar surface area (TPSA) is 12.0 Å². The van der Waals surface area contributed by atoms with E-state index in [4.69, 9.17) is 0 Å². The smallest absolute Gasteiger partial charge is 0.123 e. The summed E-state index contributed by atoms with van der Waals surface area (Å²) in [5.41, 5.74) is 2.23. The van der Waals surface area contributed by atoms with Crippen LogP contribution in [0.25, 0.3) is 0 Å². The molecule has 3 heteroatoms. The third kappa shape index (κ3) is 3.53. The number of hydrogen-bond acceptors (Lipinski definition) is 1. The highest BCUT2D eigenvalue weighted by molar-refractivity contribution is 14.1. The van der Waals surface area contributed by atoms with Gasteiger partial charge in [-0.25, -0.2) is 4.39 Å². The maximum absolute atomic E-state index is 13.2. The monoisotopic (exact) mass is 355 g/mol. The molecule has 0 bridgehead atoms. The summed E-state index contributed by atoms with van der Waals surface area (Å²) in [5.74, 6) is -0.176. The minimum Gasteiger partial charge on any atom is -0.313 e. The van der Waals surface area contributed by atoms with E-state index in [0.29, 0.717) is 0 Å². The van der Waals surface area contributed by atoms with E-state index in [9.17, 15) is 4.39 Å². The van der Waals surface area contributed by atoms with Crippen LogP contribution in [0.1, 0.15) is 17.2 Å². The van der Waals surface area contributed by atoms with Crippen LogP contribution in [-0.2, 0) is 6.42 Å². The Bertz CT molecular complexity index is 510. The molecule has 0 spiro atoms. The number of nitrogens with one attached hydrogen (secondary N) is 1. The van der Waals surface area contributed by atoms with Crippen LogP contribution in [0.15, 0.2) is 48.5 Å². The molecular weight excluding hydrogens is 340 g/mol. The second-order valence-electron chi connectivity index (χ2n) is 4.23. The van der Waals surface area contributed by atoms with Crippen LogP contribution in [0.2, 0.25) is 0 Å². The lowest BCUT2D eigenvalue weighted by atomic mass is 9.99. The van der Waals surface area contributed by atoms with Gasteiger partial charge in [0.2, 0.25) is 0 Å². The molecule has 0 heterocycles. The minimum absolute atomic E-state index is 0.176. The van der Waals surface area contributed by atoms with Crippen LogP contribution < -0.4 is 5.32 Å². The van der Waals surface area contributed by atoms with Gasteiger partial charge in [-0.15, -0.1) is 0 Å². The second-order valence-corrected chi connectivity index (χ2v) is 5.47. The van der Waals surface area contributed by atoms with Gasteiger partial charge in [-0.2, -0.15) is 0 Å². The Morgan fingerprint density at radius 3 is 2.50 bits per heavy atom. The van der Waals surface area contributed by atoms with E-state index < -0.39 is 0 Å². The van der Waals surface area contributed by atoms with Crippen LogP contribution in [-0.4, -0.2) is 7.05 Å². The molecule has 0 saturated carbocycles. The van der Waals surface area contributed by atoms with Crippen molar-refractivity contribution in [1.29, 1.82) is 0 Å². The molecule has 2 rings (SSSR count). The van der Waals surface area contributed by atoms with Crippen LogP contribution >= 0.6 is 22.6 Å². The fraction of sp³-hybridized carbons (Fsp3) is 0.200. The number of halogens is 2. The molecule has 0 aliphatic rings. The Morgan fingerprint density at radius 1 is 1.17 bits per heavy atom. The van der Waals surface area contributed by atoms with Gasteiger partial charge in [0.1, 0.15) is 5.82 Å². The van der Waals surface area contributed by atoms with Gasteiger partial charge >= 0.3 is 0 Å². The van der Waals surface area contributed by atoms with Crippen molar-refractivity contribution in [3.63, 3.8) is 0 Å². The van der Waals surface area contributed by atoms with Crippen LogP contribution in [0.3, 0.4) is 0 Å². The van der Waals surface area contributed by atoms with Crippen LogP contribution in [0.4, 0.5) is 4.39 Å². The second kappa shape index (κ2) is 6.29. The van der Waals surface area contributed by atoms with E-state index >= 15 is 0 Å². The first-order valence-corrected chi connectivity index (χ1v) is 6.94. The normalized spacial score (nSPS) is 12.4. The predicted molar refractivity (Wildman–Crippen MR) is 81.1 cm³/mol. The number of hydrogen-bond donors (Lipinski definition) is 1. The van der Waals surface area contributed by atoms with E-state index in [1.165, 1.54) is 15.2 Å². The molecule has 0 radical (unpaired) electrons. The highest BCUT2D eigenvalue weighted by Gasteiger charge is 2.10. The molecule has 94 valence electrons. The molecule has 18 heavy (non-hydrogen) atoms. The van der Waals surface area contributed by atoms with Crippen molar-refractivity contribution < 1.29 is 4.39 Å². The molecular formula is C15H15FIN. The van der Waals surface area contributed by atoms with Gasteiger partial charge in [0, 0.05) is 9.61 Å². The first-order chi connectivity index (χ1) is 8.69. The molecule has 1 N–H and O–H groups in total. The maximum atomic E-state index is 13.2. The molecule has 2 aromatic carbocycles. The third-order valence-electron chi connectivity index (χ3n) is 2.95. The third-order valence-corrected chi connectivity index (χ3v) is 3.67. The molecule has 1 nitrogen and oxygen atoms in total. The van der Waals surface area contributed by atoms with Gasteiger partial charge in [0.05, 0.1) is 0 Å². The fourth-order valence-electron chi connectivity index (χ4n) is 1.98. The lowest BCUT2D eigenvalue weighted by Crippen LogP contribution is -2.18. The van der Waals surface area contributed by atoms with E-state index in [2.05, 4.69) is 52.2 Å². The molecule has 0 aliphatic carbocycles. The molecule has 0 aliphatic heterocycles. The van der Waals surface area contributed by atoms with Gasteiger partial charge in [0.15, 0.2) is 0 Å². The summed E-state index contributed by atoms with van der Waals surface area (Å²) in [5, 5.41) is 3.28. The fourth-order valence-corrected chi connectivity index (χ4v) is 2.34. The van der Waals surface area contributed by atoms with Crippen molar-refractivity contribution in [1.82, 2.24) is 5.32 Å². The summed E-state index contributed by atoms with van der Waals surface area (Å²) in [4.78, 5) is 0. The summed E-state index contributed by atoms with van der Waals surface area (Å²) in [7, 11) is 1.93. The van der Waals surface area contributed by atoms with Gasteiger partial charge < -0.3 is 5.32 Å². The van der Waals surface area contributed by atoms with Gasteiger partial charge in [-0.3, -0.25) is 0 Å². The molecule has 1 atom stereocenters. The summed E-state index contributed by atoms with van der Waals surface area (Å²) in [6.07, 6.45) is 0.787. The Kier molecular flexibility index (Phi) is 4.72. The zero-order valence-electron chi connectivity index (χ0n) is 10.2. The van der Waals surface area contributed by atoms with Crippen LogP contribution in [0.5, 0.6) is 0 Å². The Morgan fingerprint density at radius 2 is 1.89 bits per heavy atom. The first-order valence-electron chi connectivity index (χ1n) is 5.86. The van der Waals surface area contributed by atoms with E-state index in [1.807, 2.05) is 13.1 Å². The zero-order valence-corrected chi connectivity index (χ0v) is 12.3. The minimum atomic E-state index is -0.176. The lowest BCUT2D eigenvalue weighted by molar-refractivity contribution is 0.584. The average Bonchev–Trinajstić information content (AvgIpc) is 2.37. The summed E-state index contributed by atoms with van der Waals surface area (Å²) >= 11 is 2.29. The van der Waals surface area contributed by atoms with Crippen molar-refractivity contribution in [3.05, 3.63) is 69.0 Å². The molecule has 0 fully saturated rings. The van der Waals surface area contributed by atoms with E-state index in [-0.39, 0.29) is 11.9 Å². The van der Waals surface area contributed by atoms with Crippen molar-refractivity contribution in [3.8, 4) is 0 Å². The number of likely N-dealkylation sites (N-methyl/N-ethyl adjacent to an activating group) is 1. The molecule has 1 unspecified atom stereocenters. The summed E-state index contributed by atoms with van der Waals surface area (Å²) < 4.78 is 14.4. The van der Waals surface area contributed by atoms with Gasteiger partial charge in [-0.1, -0.05) is 24.3 Å².